The molecule has 0 spiro atoms. The molecule has 3 rings (SSSR count). The number of halogens is 1. The van der Waals surface area contributed by atoms with Crippen molar-refractivity contribution in [3.05, 3.63) is 64.2 Å². The highest BCUT2D eigenvalue weighted by Gasteiger charge is 2.12. The van der Waals surface area contributed by atoms with Gasteiger partial charge in [-0.2, -0.15) is 4.99 Å². The first-order valence-corrected chi connectivity index (χ1v) is 9.37. The van der Waals surface area contributed by atoms with E-state index in [1.165, 1.54) is 42.2 Å². The Labute approximate surface area is 159 Å². The Kier molecular flexibility index (Phi) is 5.81. The van der Waals surface area contributed by atoms with Crippen molar-refractivity contribution < 1.29 is 18.7 Å². The molecule has 0 bridgehead atoms. The maximum Gasteiger partial charge on any atom is 0.307 e. The number of thiazole rings is 1. The lowest BCUT2D eigenvalue weighted by molar-refractivity contribution is -0.140. The van der Waals surface area contributed by atoms with Crippen LogP contribution in [0, 0.1) is 5.82 Å². The molecule has 3 aromatic rings. The summed E-state index contributed by atoms with van der Waals surface area (Å²) in [5.74, 6) is -1.35. The molecular formula is C20H19FN2O3S. The third-order valence-electron chi connectivity index (χ3n) is 4.19. The van der Waals surface area contributed by atoms with E-state index < -0.39 is 11.7 Å². The quantitative estimate of drug-likeness (QED) is 0.628. The smallest absolute Gasteiger partial charge is 0.307 e. The van der Waals surface area contributed by atoms with Gasteiger partial charge in [0.25, 0.3) is 5.91 Å². The largest absolute Gasteiger partial charge is 0.469 e. The van der Waals surface area contributed by atoms with Crippen molar-refractivity contribution in [2.75, 3.05) is 7.11 Å². The number of aromatic nitrogens is 1. The summed E-state index contributed by atoms with van der Waals surface area (Å²) in [6.07, 6.45) is 1.06. The van der Waals surface area contributed by atoms with Crippen LogP contribution in [0.1, 0.15) is 29.3 Å². The number of nitrogens with zero attached hydrogens (tertiary/aromatic N) is 2. The number of benzene rings is 2. The van der Waals surface area contributed by atoms with E-state index in [2.05, 4.69) is 18.0 Å². The predicted octanol–water partition coefficient (Wildman–Crippen LogP) is 3.71. The van der Waals surface area contributed by atoms with E-state index in [1.54, 1.807) is 0 Å². The zero-order valence-corrected chi connectivity index (χ0v) is 15.9. The van der Waals surface area contributed by atoms with Crippen LogP contribution in [0.2, 0.25) is 0 Å². The molecule has 0 unspecified atom stereocenters. The van der Waals surface area contributed by atoms with E-state index in [0.717, 1.165) is 22.7 Å². The van der Waals surface area contributed by atoms with E-state index in [9.17, 15) is 14.0 Å². The molecule has 27 heavy (non-hydrogen) atoms. The maximum absolute atomic E-state index is 13.4. The first-order valence-electron chi connectivity index (χ1n) is 8.55. The summed E-state index contributed by atoms with van der Waals surface area (Å²) in [6.45, 7) is 2.41. The number of amides is 1. The van der Waals surface area contributed by atoms with Crippen molar-refractivity contribution in [1.29, 1.82) is 0 Å². The fourth-order valence-electron chi connectivity index (χ4n) is 2.72. The van der Waals surface area contributed by atoms with Crippen molar-refractivity contribution in [3.8, 4) is 0 Å². The van der Waals surface area contributed by atoms with E-state index in [-0.39, 0.29) is 18.0 Å². The lowest BCUT2D eigenvalue weighted by Gasteiger charge is -2.05. The van der Waals surface area contributed by atoms with Crippen LogP contribution in [0.4, 0.5) is 4.39 Å². The molecule has 5 nitrogen and oxygen atoms in total. The molecule has 0 aliphatic carbocycles. The zero-order valence-electron chi connectivity index (χ0n) is 15.1. The molecule has 1 aromatic heterocycles. The number of ether oxygens (including phenoxy) is 1. The van der Waals surface area contributed by atoms with Crippen LogP contribution < -0.4 is 4.80 Å². The van der Waals surface area contributed by atoms with E-state index in [1.807, 2.05) is 16.7 Å². The second-order valence-electron chi connectivity index (χ2n) is 5.95. The third-order valence-corrected chi connectivity index (χ3v) is 5.23. The second kappa shape index (κ2) is 8.26. The molecule has 0 N–H and O–H groups in total. The molecule has 0 aliphatic rings. The topological polar surface area (TPSA) is 60.7 Å². The molecule has 0 aliphatic heterocycles. The molecule has 7 heteroatoms. The fourth-order valence-corrected chi connectivity index (χ4v) is 3.84. The molecular weight excluding hydrogens is 367 g/mol. The van der Waals surface area contributed by atoms with Gasteiger partial charge >= 0.3 is 5.97 Å². The number of rotatable bonds is 5. The lowest BCUT2D eigenvalue weighted by atomic mass is 10.2. The van der Waals surface area contributed by atoms with Crippen molar-refractivity contribution >= 4 is 33.4 Å². The van der Waals surface area contributed by atoms with E-state index in [0.29, 0.717) is 11.3 Å². The van der Waals surface area contributed by atoms with Gasteiger partial charge in [0.1, 0.15) is 5.82 Å². The number of fused-ring (bicyclic) bond motifs is 1. The highest BCUT2D eigenvalue weighted by atomic mass is 32.1. The Balaban J connectivity index is 2.08. The van der Waals surface area contributed by atoms with Crippen LogP contribution in [0.25, 0.3) is 10.2 Å². The number of carbonyl (C=O) groups is 2. The SMILES string of the molecule is CCc1ccc2c(c1)sc(=NC(=O)c1cccc(F)c1)n2CCC(=O)OC. The average Bonchev–Trinajstić information content (AvgIpc) is 3.01. The normalized spacial score (nSPS) is 11.7. The summed E-state index contributed by atoms with van der Waals surface area (Å²) in [5, 5.41) is 0. The molecule has 1 amide bonds. The highest BCUT2D eigenvalue weighted by molar-refractivity contribution is 7.16. The van der Waals surface area contributed by atoms with Gasteiger partial charge < -0.3 is 9.30 Å². The first-order chi connectivity index (χ1) is 13.0. The van der Waals surface area contributed by atoms with Gasteiger partial charge in [-0.1, -0.05) is 30.4 Å². The van der Waals surface area contributed by atoms with Crippen LogP contribution in [0.3, 0.4) is 0 Å². The van der Waals surface area contributed by atoms with Crippen molar-refractivity contribution in [2.45, 2.75) is 26.3 Å². The van der Waals surface area contributed by atoms with Crippen LogP contribution in [0.15, 0.2) is 47.5 Å². The molecule has 0 saturated carbocycles. The Morgan fingerprint density at radius 1 is 1.22 bits per heavy atom. The minimum absolute atomic E-state index is 0.166. The summed E-state index contributed by atoms with van der Waals surface area (Å²) in [4.78, 5) is 28.7. The number of hydrogen-bond donors (Lipinski definition) is 0. The maximum atomic E-state index is 13.4. The number of hydrogen-bond acceptors (Lipinski definition) is 4. The molecule has 0 radical (unpaired) electrons. The standard InChI is InChI=1S/C20H19FN2O3S/c1-3-13-7-8-16-17(11-13)27-20(23(16)10-9-18(24)26-2)22-19(25)14-5-4-6-15(21)12-14/h4-8,11-12H,3,9-10H2,1-2H3. The van der Waals surface area contributed by atoms with Crippen molar-refractivity contribution in [1.82, 2.24) is 4.57 Å². The number of aryl methyl sites for hydroxylation is 2. The first kappa shape index (κ1) is 19.0. The second-order valence-corrected chi connectivity index (χ2v) is 6.95. The van der Waals surface area contributed by atoms with Crippen molar-refractivity contribution in [2.24, 2.45) is 4.99 Å². The van der Waals surface area contributed by atoms with Crippen LogP contribution in [-0.4, -0.2) is 23.6 Å². The third kappa shape index (κ3) is 4.31. The lowest BCUT2D eigenvalue weighted by Crippen LogP contribution is -2.19. The summed E-state index contributed by atoms with van der Waals surface area (Å²) in [5.41, 5.74) is 2.25. The van der Waals surface area contributed by atoms with Gasteiger partial charge in [-0.25, -0.2) is 4.39 Å². The number of carbonyl (C=O) groups excluding carboxylic acids is 2. The Morgan fingerprint density at radius 2 is 2.04 bits per heavy atom. The van der Waals surface area contributed by atoms with Crippen LogP contribution >= 0.6 is 11.3 Å². The molecule has 0 fully saturated rings. The van der Waals surface area contributed by atoms with Gasteiger partial charge in [0, 0.05) is 12.1 Å². The van der Waals surface area contributed by atoms with E-state index in [4.69, 9.17) is 4.74 Å². The average molecular weight is 386 g/mol. The Bertz CT molecular complexity index is 1070. The van der Waals surface area contributed by atoms with Gasteiger partial charge in [-0.3, -0.25) is 9.59 Å². The van der Waals surface area contributed by atoms with Crippen LogP contribution in [-0.2, 0) is 22.5 Å². The van der Waals surface area contributed by atoms with E-state index >= 15 is 0 Å². The molecule has 0 atom stereocenters. The van der Waals surface area contributed by atoms with Gasteiger partial charge in [0.05, 0.1) is 23.7 Å². The fraction of sp³-hybridized carbons (Fsp3) is 0.250. The zero-order chi connectivity index (χ0) is 19.4. The molecule has 2 aromatic carbocycles. The summed E-state index contributed by atoms with van der Waals surface area (Å²) in [6, 6.07) is 11.5. The van der Waals surface area contributed by atoms with Gasteiger partial charge in [-0.15, -0.1) is 0 Å². The minimum atomic E-state index is -0.524. The van der Waals surface area contributed by atoms with Gasteiger partial charge in [0.15, 0.2) is 4.80 Å². The minimum Gasteiger partial charge on any atom is -0.469 e. The van der Waals surface area contributed by atoms with Gasteiger partial charge in [-0.05, 0) is 42.3 Å². The summed E-state index contributed by atoms with van der Waals surface area (Å²) < 4.78 is 20.9. The predicted molar refractivity (Wildman–Crippen MR) is 102 cm³/mol. The Hall–Kier alpha value is -2.80. The monoisotopic (exact) mass is 386 g/mol. The number of esters is 1. The number of methoxy groups -OCH3 is 1. The summed E-state index contributed by atoms with van der Waals surface area (Å²) in [7, 11) is 1.34. The van der Waals surface area contributed by atoms with Gasteiger partial charge in [0.2, 0.25) is 0 Å². The Morgan fingerprint density at radius 3 is 2.74 bits per heavy atom. The molecule has 1 heterocycles. The highest BCUT2D eigenvalue weighted by Crippen LogP contribution is 2.20. The summed E-state index contributed by atoms with van der Waals surface area (Å²) >= 11 is 1.37. The molecule has 0 saturated heterocycles. The molecule has 140 valence electrons. The van der Waals surface area contributed by atoms with Crippen molar-refractivity contribution in [3.63, 3.8) is 0 Å². The van der Waals surface area contributed by atoms with Crippen LogP contribution in [0.5, 0.6) is 0 Å².